The number of benzene rings is 1. The molecule has 1 amide bonds. The standard InChI is InChI=1S/C21H22INO5S/c1-3-27-21(26)18-14-9-8-12(2)10-16(14)29-19(18)23-17(24)11-28-20(25)13-6-4-5-7-15(13)22/h4-7,12H,3,8-11H2,1-2H3,(H,23,24). The number of nitrogens with one attached hydrogen (secondary N) is 1. The summed E-state index contributed by atoms with van der Waals surface area (Å²) in [6.45, 7) is 3.77. The summed E-state index contributed by atoms with van der Waals surface area (Å²) in [5.74, 6) is -0.934. The summed E-state index contributed by atoms with van der Waals surface area (Å²) in [5, 5.41) is 3.21. The molecule has 2 aromatic rings. The molecule has 1 aliphatic carbocycles. The number of thiophene rings is 1. The fourth-order valence-electron chi connectivity index (χ4n) is 3.26. The highest BCUT2D eigenvalue weighted by molar-refractivity contribution is 14.1. The van der Waals surface area contributed by atoms with Crippen LogP contribution in [0.4, 0.5) is 5.00 Å². The summed E-state index contributed by atoms with van der Waals surface area (Å²) in [6.07, 6.45) is 2.67. The van der Waals surface area contributed by atoms with Crippen LogP contribution in [0.15, 0.2) is 24.3 Å². The number of carbonyl (C=O) groups excluding carboxylic acids is 3. The van der Waals surface area contributed by atoms with Crippen molar-refractivity contribution in [3.8, 4) is 0 Å². The van der Waals surface area contributed by atoms with Crippen LogP contribution in [0.2, 0.25) is 0 Å². The molecule has 6 nitrogen and oxygen atoms in total. The van der Waals surface area contributed by atoms with E-state index in [1.807, 2.05) is 28.7 Å². The topological polar surface area (TPSA) is 81.7 Å². The minimum atomic E-state index is -0.560. The third kappa shape index (κ3) is 5.16. The number of hydrogen-bond donors (Lipinski definition) is 1. The largest absolute Gasteiger partial charge is 0.462 e. The molecule has 1 N–H and O–H groups in total. The molecule has 0 saturated carbocycles. The summed E-state index contributed by atoms with van der Waals surface area (Å²) in [6, 6.07) is 7.00. The lowest BCUT2D eigenvalue weighted by Crippen LogP contribution is -2.22. The highest BCUT2D eigenvalue weighted by Crippen LogP contribution is 2.40. The summed E-state index contributed by atoms with van der Waals surface area (Å²) in [7, 11) is 0. The van der Waals surface area contributed by atoms with Gasteiger partial charge in [-0.2, -0.15) is 0 Å². The van der Waals surface area contributed by atoms with E-state index >= 15 is 0 Å². The molecule has 0 spiro atoms. The lowest BCUT2D eigenvalue weighted by atomic mass is 9.88. The Morgan fingerprint density at radius 3 is 2.69 bits per heavy atom. The average molecular weight is 527 g/mol. The molecule has 3 rings (SSSR count). The van der Waals surface area contributed by atoms with Crippen molar-refractivity contribution in [2.24, 2.45) is 5.92 Å². The van der Waals surface area contributed by atoms with Gasteiger partial charge in [0, 0.05) is 8.45 Å². The van der Waals surface area contributed by atoms with Gasteiger partial charge in [-0.05, 0) is 72.4 Å². The SMILES string of the molecule is CCOC(=O)c1c(NC(=O)COC(=O)c2ccccc2I)sc2c1CCC(C)C2. The second kappa shape index (κ2) is 9.71. The third-order valence-electron chi connectivity index (χ3n) is 4.67. The van der Waals surface area contributed by atoms with Crippen molar-refractivity contribution in [3.05, 3.63) is 49.4 Å². The van der Waals surface area contributed by atoms with Gasteiger partial charge >= 0.3 is 11.9 Å². The minimum Gasteiger partial charge on any atom is -0.462 e. The van der Waals surface area contributed by atoms with E-state index in [0.717, 1.165) is 33.3 Å². The van der Waals surface area contributed by atoms with Crippen molar-refractivity contribution < 1.29 is 23.9 Å². The number of amides is 1. The van der Waals surface area contributed by atoms with Crippen LogP contribution in [0.3, 0.4) is 0 Å². The van der Waals surface area contributed by atoms with Crippen molar-refractivity contribution in [2.75, 3.05) is 18.5 Å². The number of rotatable bonds is 6. The van der Waals surface area contributed by atoms with Crippen molar-refractivity contribution in [1.29, 1.82) is 0 Å². The van der Waals surface area contributed by atoms with Gasteiger partial charge in [0.05, 0.1) is 17.7 Å². The highest BCUT2D eigenvalue weighted by atomic mass is 127. The Labute approximate surface area is 187 Å². The smallest absolute Gasteiger partial charge is 0.341 e. The van der Waals surface area contributed by atoms with E-state index in [9.17, 15) is 14.4 Å². The second-order valence-electron chi connectivity index (χ2n) is 6.88. The van der Waals surface area contributed by atoms with Crippen molar-refractivity contribution in [2.45, 2.75) is 33.1 Å². The van der Waals surface area contributed by atoms with Crippen LogP contribution < -0.4 is 5.32 Å². The Hall–Kier alpha value is -1.94. The molecule has 1 aromatic heterocycles. The molecule has 1 atom stereocenters. The molecular weight excluding hydrogens is 505 g/mol. The molecule has 0 aliphatic heterocycles. The van der Waals surface area contributed by atoms with Crippen molar-refractivity contribution >= 4 is 56.8 Å². The van der Waals surface area contributed by atoms with E-state index in [-0.39, 0.29) is 6.61 Å². The van der Waals surface area contributed by atoms with Gasteiger partial charge in [0.15, 0.2) is 6.61 Å². The van der Waals surface area contributed by atoms with Crippen LogP contribution in [-0.4, -0.2) is 31.1 Å². The first-order chi connectivity index (χ1) is 13.9. The monoisotopic (exact) mass is 527 g/mol. The van der Waals surface area contributed by atoms with E-state index in [0.29, 0.717) is 22.0 Å². The lowest BCUT2D eigenvalue weighted by molar-refractivity contribution is -0.119. The Kier molecular flexibility index (Phi) is 7.28. The fourth-order valence-corrected chi connectivity index (χ4v) is 5.28. The predicted molar refractivity (Wildman–Crippen MR) is 120 cm³/mol. The summed E-state index contributed by atoms with van der Waals surface area (Å²) in [4.78, 5) is 38.2. The number of anilines is 1. The number of ether oxygens (including phenoxy) is 2. The van der Waals surface area contributed by atoms with Crippen molar-refractivity contribution in [1.82, 2.24) is 0 Å². The Bertz CT molecular complexity index is 939. The maximum Gasteiger partial charge on any atom is 0.341 e. The molecule has 0 fully saturated rings. The van der Waals surface area contributed by atoms with Crippen LogP contribution in [0.25, 0.3) is 0 Å². The summed E-state index contributed by atoms with van der Waals surface area (Å²) in [5.41, 5.74) is 1.82. The molecular formula is C21H22INO5S. The van der Waals surface area contributed by atoms with E-state index < -0.39 is 24.5 Å². The first-order valence-corrected chi connectivity index (χ1v) is 11.3. The molecule has 1 unspecified atom stereocenters. The van der Waals surface area contributed by atoms with Gasteiger partial charge in [0.1, 0.15) is 5.00 Å². The summed E-state index contributed by atoms with van der Waals surface area (Å²) >= 11 is 3.45. The Morgan fingerprint density at radius 2 is 1.97 bits per heavy atom. The van der Waals surface area contributed by atoms with Gasteiger partial charge < -0.3 is 14.8 Å². The zero-order valence-electron chi connectivity index (χ0n) is 16.2. The molecule has 0 bridgehead atoms. The third-order valence-corrected chi connectivity index (χ3v) is 6.78. The second-order valence-corrected chi connectivity index (χ2v) is 9.15. The first kappa shape index (κ1) is 21.8. The van der Waals surface area contributed by atoms with Crippen LogP contribution in [0, 0.1) is 9.49 Å². The molecule has 1 heterocycles. The Morgan fingerprint density at radius 1 is 1.21 bits per heavy atom. The number of esters is 2. The number of hydrogen-bond acceptors (Lipinski definition) is 6. The van der Waals surface area contributed by atoms with Gasteiger partial charge in [-0.25, -0.2) is 9.59 Å². The van der Waals surface area contributed by atoms with Gasteiger partial charge in [-0.15, -0.1) is 11.3 Å². The number of carbonyl (C=O) groups is 3. The van der Waals surface area contributed by atoms with E-state index in [2.05, 4.69) is 12.2 Å². The quantitative estimate of drug-likeness (QED) is 0.444. The molecule has 1 aromatic carbocycles. The minimum absolute atomic E-state index is 0.264. The van der Waals surface area contributed by atoms with Crippen molar-refractivity contribution in [3.63, 3.8) is 0 Å². The maximum absolute atomic E-state index is 12.5. The maximum atomic E-state index is 12.5. The zero-order chi connectivity index (χ0) is 21.0. The normalized spacial score (nSPS) is 15.3. The Balaban J connectivity index is 1.72. The van der Waals surface area contributed by atoms with E-state index in [4.69, 9.17) is 9.47 Å². The molecule has 29 heavy (non-hydrogen) atoms. The van der Waals surface area contributed by atoms with Crippen LogP contribution in [-0.2, 0) is 27.1 Å². The lowest BCUT2D eigenvalue weighted by Gasteiger charge is -2.18. The fraction of sp³-hybridized carbons (Fsp3) is 0.381. The van der Waals surface area contributed by atoms with E-state index in [1.54, 1.807) is 25.1 Å². The first-order valence-electron chi connectivity index (χ1n) is 9.43. The number of fused-ring (bicyclic) bond motifs is 1. The van der Waals surface area contributed by atoms with Crippen LogP contribution in [0.1, 0.15) is 51.4 Å². The molecule has 154 valence electrons. The van der Waals surface area contributed by atoms with E-state index in [1.165, 1.54) is 11.3 Å². The van der Waals surface area contributed by atoms with Crippen LogP contribution in [0.5, 0.6) is 0 Å². The highest BCUT2D eigenvalue weighted by Gasteiger charge is 2.29. The van der Waals surface area contributed by atoms with Gasteiger partial charge in [0.25, 0.3) is 5.91 Å². The molecule has 1 aliphatic rings. The molecule has 0 radical (unpaired) electrons. The van der Waals surface area contributed by atoms with Crippen LogP contribution >= 0.6 is 33.9 Å². The summed E-state index contributed by atoms with van der Waals surface area (Å²) < 4.78 is 11.1. The van der Waals surface area contributed by atoms with Gasteiger partial charge in [0.2, 0.25) is 0 Å². The molecule has 0 saturated heterocycles. The zero-order valence-corrected chi connectivity index (χ0v) is 19.2. The average Bonchev–Trinajstić information content (AvgIpc) is 3.03. The molecule has 8 heteroatoms. The number of halogens is 1. The van der Waals surface area contributed by atoms with Gasteiger partial charge in [-0.3, -0.25) is 4.79 Å². The predicted octanol–water partition coefficient (Wildman–Crippen LogP) is 4.45. The van der Waals surface area contributed by atoms with Gasteiger partial charge in [-0.1, -0.05) is 19.1 Å².